The van der Waals surface area contributed by atoms with Crippen LogP contribution in [0.5, 0.6) is 0 Å². The zero-order valence-electron chi connectivity index (χ0n) is 19.4. The number of fused-ring (bicyclic) bond motifs is 4. The number of aliphatic hydroxyl groups excluding tert-OH is 1. The van der Waals surface area contributed by atoms with Gasteiger partial charge in [-0.2, -0.15) is 0 Å². The van der Waals surface area contributed by atoms with Crippen molar-refractivity contribution in [3.63, 3.8) is 0 Å². The molecule has 2 atom stereocenters. The maximum atomic E-state index is 14.0. The number of aromatic amines is 1. The lowest BCUT2D eigenvalue weighted by molar-refractivity contribution is 0.273. The monoisotopic (exact) mass is 482 g/mol. The number of benzene rings is 3. The number of nitrogens with zero attached hydrogens (tertiary/aromatic N) is 2. The number of hydrogen-bond acceptors (Lipinski definition) is 4. The Morgan fingerprint density at radius 3 is 2.72 bits per heavy atom. The first-order valence-electron chi connectivity index (χ1n) is 11.9. The molecule has 2 aromatic heterocycles. The molecule has 5 nitrogen and oxygen atoms in total. The van der Waals surface area contributed by atoms with Gasteiger partial charge in [0.15, 0.2) is 11.6 Å². The quantitative estimate of drug-likeness (QED) is 0.294. The summed E-state index contributed by atoms with van der Waals surface area (Å²) < 4.78 is 27.6. The van der Waals surface area contributed by atoms with E-state index in [2.05, 4.69) is 21.4 Å². The van der Waals surface area contributed by atoms with Gasteiger partial charge in [-0.25, -0.2) is 18.7 Å². The maximum absolute atomic E-state index is 14.0. The predicted molar refractivity (Wildman–Crippen MR) is 136 cm³/mol. The number of halogens is 2. The van der Waals surface area contributed by atoms with Gasteiger partial charge in [0.2, 0.25) is 5.95 Å². The molecular weight excluding hydrogens is 458 g/mol. The van der Waals surface area contributed by atoms with E-state index in [-0.39, 0.29) is 18.6 Å². The zero-order valence-corrected chi connectivity index (χ0v) is 19.4. The molecule has 2 heterocycles. The van der Waals surface area contributed by atoms with E-state index in [0.29, 0.717) is 24.4 Å². The topological polar surface area (TPSA) is 73.8 Å². The number of aliphatic hydroxyl groups is 1. The van der Waals surface area contributed by atoms with Crippen LogP contribution >= 0.6 is 0 Å². The van der Waals surface area contributed by atoms with Crippen molar-refractivity contribution in [2.45, 2.75) is 24.8 Å². The van der Waals surface area contributed by atoms with Crippen LogP contribution in [0.15, 0.2) is 79.1 Å². The fourth-order valence-corrected chi connectivity index (χ4v) is 5.14. The molecule has 1 aliphatic carbocycles. The molecule has 180 valence electrons. The lowest BCUT2D eigenvalue weighted by Gasteiger charge is -2.28. The molecule has 5 aromatic rings. The minimum absolute atomic E-state index is 0.0747. The Kier molecular flexibility index (Phi) is 5.70. The smallest absolute Gasteiger partial charge is 0.223 e. The van der Waals surface area contributed by atoms with Gasteiger partial charge in [0.25, 0.3) is 0 Å². The lowest BCUT2D eigenvalue weighted by Crippen LogP contribution is -2.27. The third-order valence-corrected chi connectivity index (χ3v) is 6.92. The summed E-state index contributed by atoms with van der Waals surface area (Å²) in [6.45, 7) is -0.0747. The first-order valence-corrected chi connectivity index (χ1v) is 11.9. The van der Waals surface area contributed by atoms with Crippen LogP contribution in [-0.4, -0.2) is 32.7 Å². The molecule has 3 N–H and O–H groups in total. The summed E-state index contributed by atoms with van der Waals surface area (Å²) in [5.74, 6) is -1.39. The summed E-state index contributed by atoms with van der Waals surface area (Å²) in [5.41, 5.74) is 6.58. The average Bonchev–Trinajstić information content (AvgIpc) is 3.32. The minimum Gasteiger partial charge on any atom is -0.394 e. The van der Waals surface area contributed by atoms with Crippen LogP contribution in [0.2, 0.25) is 0 Å². The van der Waals surface area contributed by atoms with Gasteiger partial charge in [0.05, 0.1) is 18.3 Å². The molecule has 0 saturated carbocycles. The Balaban J connectivity index is 1.30. The van der Waals surface area contributed by atoms with Crippen molar-refractivity contribution in [2.75, 3.05) is 11.9 Å². The van der Waals surface area contributed by atoms with E-state index in [4.69, 9.17) is 4.98 Å². The zero-order chi connectivity index (χ0) is 24.6. The molecule has 3 aromatic carbocycles. The van der Waals surface area contributed by atoms with Gasteiger partial charge >= 0.3 is 0 Å². The van der Waals surface area contributed by atoms with Crippen LogP contribution in [0.4, 0.5) is 14.7 Å². The van der Waals surface area contributed by atoms with E-state index < -0.39 is 11.6 Å². The first kappa shape index (κ1) is 22.4. The second-order valence-electron chi connectivity index (χ2n) is 9.17. The molecular formula is C29H24F2N4O. The molecule has 7 heteroatoms. The van der Waals surface area contributed by atoms with Crippen molar-refractivity contribution >= 4 is 16.9 Å². The largest absolute Gasteiger partial charge is 0.394 e. The van der Waals surface area contributed by atoms with E-state index in [9.17, 15) is 13.9 Å². The van der Waals surface area contributed by atoms with Gasteiger partial charge in [-0.1, -0.05) is 48.5 Å². The SMILES string of the molecule is OCC(Cc1c[nH]c2ccccc12)Nc1ncc2c(n1)-c1ccccc1C(c1ccc(F)c(F)c1)C2. The highest BCUT2D eigenvalue weighted by Crippen LogP contribution is 2.42. The molecule has 0 spiro atoms. The third kappa shape index (κ3) is 4.01. The van der Waals surface area contributed by atoms with Crippen molar-refractivity contribution in [1.82, 2.24) is 15.0 Å². The number of nitrogens with one attached hydrogen (secondary N) is 2. The highest BCUT2D eigenvalue weighted by molar-refractivity contribution is 5.83. The molecule has 0 amide bonds. The van der Waals surface area contributed by atoms with Crippen molar-refractivity contribution in [3.05, 3.63) is 113 Å². The molecule has 36 heavy (non-hydrogen) atoms. The average molecular weight is 483 g/mol. The van der Waals surface area contributed by atoms with Crippen LogP contribution in [0, 0.1) is 11.6 Å². The molecule has 0 fully saturated rings. The molecule has 0 aliphatic heterocycles. The number of hydrogen-bond donors (Lipinski definition) is 3. The molecule has 0 radical (unpaired) electrons. The number of aromatic nitrogens is 3. The van der Waals surface area contributed by atoms with Gasteiger partial charge < -0.3 is 15.4 Å². The standard InChI is InChI=1S/C29H24F2N4O/c30-25-10-9-17(13-26(25)31)24-12-19-15-33-29(35-28(19)23-7-2-1-6-22(23)24)34-20(16-36)11-18-14-32-27-8-4-3-5-21(18)27/h1-10,13-15,20,24,32,36H,11-12,16H2,(H,33,34,35). The maximum Gasteiger partial charge on any atom is 0.223 e. The van der Waals surface area contributed by atoms with E-state index >= 15 is 0 Å². The summed E-state index contributed by atoms with van der Waals surface area (Å²) in [7, 11) is 0. The first-order chi connectivity index (χ1) is 17.6. The van der Waals surface area contributed by atoms with Crippen LogP contribution in [0.25, 0.3) is 22.2 Å². The summed E-state index contributed by atoms with van der Waals surface area (Å²) in [6.07, 6.45) is 4.94. The molecule has 0 saturated heterocycles. The second kappa shape index (κ2) is 9.17. The Morgan fingerprint density at radius 1 is 1.03 bits per heavy atom. The highest BCUT2D eigenvalue weighted by Gasteiger charge is 2.28. The normalized spacial score (nSPS) is 15.4. The van der Waals surface area contributed by atoms with E-state index in [1.165, 1.54) is 12.1 Å². The third-order valence-electron chi connectivity index (χ3n) is 6.92. The van der Waals surface area contributed by atoms with Gasteiger partial charge in [-0.15, -0.1) is 0 Å². The van der Waals surface area contributed by atoms with E-state index in [0.717, 1.165) is 38.9 Å². The molecule has 2 unspecified atom stereocenters. The predicted octanol–water partition coefficient (Wildman–Crippen LogP) is 5.61. The van der Waals surface area contributed by atoms with Crippen molar-refractivity contribution in [1.29, 1.82) is 0 Å². The van der Waals surface area contributed by atoms with Gasteiger partial charge in [-0.05, 0) is 53.3 Å². The number of H-pyrrole nitrogens is 1. The number of para-hydroxylation sites is 1. The Bertz CT molecular complexity index is 1560. The number of anilines is 1. The van der Waals surface area contributed by atoms with Crippen LogP contribution in [0.1, 0.15) is 28.2 Å². The number of rotatable bonds is 6. The van der Waals surface area contributed by atoms with Crippen LogP contribution in [0.3, 0.4) is 0 Å². The molecule has 1 aliphatic rings. The van der Waals surface area contributed by atoms with Crippen molar-refractivity contribution in [3.8, 4) is 11.3 Å². The van der Waals surface area contributed by atoms with Gasteiger partial charge in [0, 0.05) is 34.8 Å². The fraction of sp³-hybridized carbons (Fsp3) is 0.172. The van der Waals surface area contributed by atoms with E-state index in [1.54, 1.807) is 12.3 Å². The van der Waals surface area contributed by atoms with Crippen molar-refractivity contribution in [2.24, 2.45) is 0 Å². The highest BCUT2D eigenvalue weighted by atomic mass is 19.2. The van der Waals surface area contributed by atoms with Crippen LogP contribution in [-0.2, 0) is 12.8 Å². The second-order valence-corrected chi connectivity index (χ2v) is 9.17. The summed E-state index contributed by atoms with van der Waals surface area (Å²) in [4.78, 5) is 12.6. The van der Waals surface area contributed by atoms with Crippen LogP contribution < -0.4 is 5.32 Å². The van der Waals surface area contributed by atoms with E-state index in [1.807, 2.05) is 48.7 Å². The van der Waals surface area contributed by atoms with Gasteiger partial charge in [0.1, 0.15) is 0 Å². The summed E-state index contributed by atoms with van der Waals surface area (Å²) in [5, 5.41) is 14.5. The lowest BCUT2D eigenvalue weighted by atomic mass is 9.78. The van der Waals surface area contributed by atoms with Crippen molar-refractivity contribution < 1.29 is 13.9 Å². The molecule has 0 bridgehead atoms. The Labute approximate surface area is 206 Å². The molecule has 6 rings (SSSR count). The summed E-state index contributed by atoms with van der Waals surface area (Å²) >= 11 is 0. The summed E-state index contributed by atoms with van der Waals surface area (Å²) in [6, 6.07) is 19.8. The fourth-order valence-electron chi connectivity index (χ4n) is 5.14. The van der Waals surface area contributed by atoms with Gasteiger partial charge in [-0.3, -0.25) is 0 Å². The minimum atomic E-state index is -0.853. The Morgan fingerprint density at radius 2 is 1.86 bits per heavy atom. The Hall–Kier alpha value is -4.10.